The van der Waals surface area contributed by atoms with E-state index in [0.717, 1.165) is 25.9 Å². The summed E-state index contributed by atoms with van der Waals surface area (Å²) in [5.41, 5.74) is 3.89. The average molecular weight is 396 g/mol. The van der Waals surface area contributed by atoms with Crippen LogP contribution >= 0.6 is 31.9 Å². The van der Waals surface area contributed by atoms with E-state index in [9.17, 15) is 4.79 Å². The van der Waals surface area contributed by atoms with E-state index in [4.69, 9.17) is 0 Å². The monoisotopic (exact) mass is 394 g/mol. The van der Waals surface area contributed by atoms with E-state index in [1.54, 1.807) is 0 Å². The minimum Gasteiger partial charge on any atom is -0.369 e. The van der Waals surface area contributed by atoms with Crippen molar-refractivity contribution in [1.82, 2.24) is 0 Å². The SMILES string of the molecule is Cc1ccc(NC2C(=O)Nc3ccc(Br)cc32)c(Br)c1. The third-order valence-electron chi connectivity index (χ3n) is 3.27. The molecule has 5 heteroatoms. The lowest BCUT2D eigenvalue weighted by atomic mass is 10.1. The molecule has 0 fully saturated rings. The molecule has 1 aliphatic heterocycles. The van der Waals surface area contributed by atoms with Crippen molar-refractivity contribution in [3.63, 3.8) is 0 Å². The van der Waals surface area contributed by atoms with Crippen LogP contribution < -0.4 is 10.6 Å². The summed E-state index contributed by atoms with van der Waals surface area (Å²) in [5.74, 6) is -0.0365. The van der Waals surface area contributed by atoms with Crippen LogP contribution in [0.2, 0.25) is 0 Å². The number of hydrogen-bond donors (Lipinski definition) is 2. The van der Waals surface area contributed by atoms with Crippen molar-refractivity contribution >= 4 is 49.1 Å². The number of rotatable bonds is 2. The van der Waals surface area contributed by atoms with Gasteiger partial charge in [-0.15, -0.1) is 0 Å². The molecule has 102 valence electrons. The molecule has 0 spiro atoms. The Labute approximate surface area is 134 Å². The average Bonchev–Trinajstić information content (AvgIpc) is 2.69. The van der Waals surface area contributed by atoms with Gasteiger partial charge in [-0.05, 0) is 58.7 Å². The zero-order chi connectivity index (χ0) is 14.3. The summed E-state index contributed by atoms with van der Waals surface area (Å²) in [5, 5.41) is 6.18. The highest BCUT2D eigenvalue weighted by atomic mass is 79.9. The molecule has 0 bridgehead atoms. The number of fused-ring (bicyclic) bond motifs is 1. The van der Waals surface area contributed by atoms with Gasteiger partial charge in [-0.1, -0.05) is 22.0 Å². The molecule has 1 unspecified atom stereocenters. The molecule has 3 rings (SSSR count). The molecule has 3 nitrogen and oxygen atoms in total. The van der Waals surface area contributed by atoms with Gasteiger partial charge >= 0.3 is 0 Å². The Morgan fingerprint density at radius 1 is 1.15 bits per heavy atom. The molecule has 1 amide bonds. The van der Waals surface area contributed by atoms with Gasteiger partial charge in [-0.2, -0.15) is 0 Å². The van der Waals surface area contributed by atoms with Crippen molar-refractivity contribution in [3.8, 4) is 0 Å². The van der Waals surface area contributed by atoms with E-state index in [0.29, 0.717) is 0 Å². The molecule has 0 radical (unpaired) electrons. The fourth-order valence-corrected chi connectivity index (χ4v) is 3.25. The first-order valence-corrected chi connectivity index (χ1v) is 7.76. The van der Waals surface area contributed by atoms with Gasteiger partial charge in [0.25, 0.3) is 5.91 Å². The first-order chi connectivity index (χ1) is 9.54. The van der Waals surface area contributed by atoms with Gasteiger partial charge < -0.3 is 10.6 Å². The number of carbonyl (C=O) groups excluding carboxylic acids is 1. The number of benzene rings is 2. The number of nitrogens with one attached hydrogen (secondary N) is 2. The standard InChI is InChI=1S/C15H12Br2N2O/c1-8-2-4-13(11(17)6-8)18-14-10-7-9(16)3-5-12(10)19-15(14)20/h2-7,14,18H,1H3,(H,19,20). The maximum Gasteiger partial charge on any atom is 0.251 e. The summed E-state index contributed by atoms with van der Waals surface area (Å²) in [6.45, 7) is 2.03. The van der Waals surface area contributed by atoms with Gasteiger partial charge in [0.1, 0.15) is 6.04 Å². The van der Waals surface area contributed by atoms with Crippen molar-refractivity contribution in [1.29, 1.82) is 0 Å². The summed E-state index contributed by atoms with van der Waals surface area (Å²) >= 11 is 6.97. The summed E-state index contributed by atoms with van der Waals surface area (Å²) in [7, 11) is 0. The summed E-state index contributed by atoms with van der Waals surface area (Å²) in [6, 6.07) is 11.4. The molecule has 2 aromatic rings. The predicted octanol–water partition coefficient (Wildman–Crippen LogP) is 4.63. The maximum absolute atomic E-state index is 12.1. The van der Waals surface area contributed by atoms with Crippen molar-refractivity contribution in [3.05, 3.63) is 56.5 Å². The van der Waals surface area contributed by atoms with E-state index < -0.39 is 0 Å². The Bertz CT molecular complexity index is 700. The smallest absolute Gasteiger partial charge is 0.251 e. The van der Waals surface area contributed by atoms with Crippen LogP contribution in [0.15, 0.2) is 45.3 Å². The van der Waals surface area contributed by atoms with Crippen LogP contribution in [0.4, 0.5) is 11.4 Å². The van der Waals surface area contributed by atoms with E-state index in [-0.39, 0.29) is 11.9 Å². The lowest BCUT2D eigenvalue weighted by Gasteiger charge is -2.15. The van der Waals surface area contributed by atoms with Gasteiger partial charge in [-0.3, -0.25) is 4.79 Å². The third kappa shape index (κ3) is 2.47. The summed E-state index contributed by atoms with van der Waals surface area (Å²) < 4.78 is 1.91. The number of halogens is 2. The van der Waals surface area contributed by atoms with E-state index in [1.165, 1.54) is 5.56 Å². The molecule has 2 N–H and O–H groups in total. The number of amides is 1. The topological polar surface area (TPSA) is 41.1 Å². The van der Waals surface area contributed by atoms with Crippen molar-refractivity contribution in [2.45, 2.75) is 13.0 Å². The molecule has 0 saturated carbocycles. The normalized spacial score (nSPS) is 16.8. The Hall–Kier alpha value is -1.33. The predicted molar refractivity (Wildman–Crippen MR) is 88.0 cm³/mol. The largest absolute Gasteiger partial charge is 0.369 e. The lowest BCUT2D eigenvalue weighted by Crippen LogP contribution is -2.19. The molecule has 1 aliphatic rings. The molecule has 0 aromatic heterocycles. The molecule has 1 heterocycles. The zero-order valence-corrected chi connectivity index (χ0v) is 13.9. The van der Waals surface area contributed by atoms with Crippen LogP contribution in [0.5, 0.6) is 0 Å². The molecular formula is C15H12Br2N2O. The van der Waals surface area contributed by atoms with E-state index >= 15 is 0 Å². The van der Waals surface area contributed by atoms with Gasteiger partial charge in [-0.25, -0.2) is 0 Å². The molecule has 1 atom stereocenters. The minimum absolute atomic E-state index is 0.0365. The van der Waals surface area contributed by atoms with E-state index in [1.807, 2.05) is 43.3 Å². The fraction of sp³-hybridized carbons (Fsp3) is 0.133. The van der Waals surface area contributed by atoms with Gasteiger partial charge in [0, 0.05) is 25.9 Å². The maximum atomic E-state index is 12.1. The number of hydrogen-bond acceptors (Lipinski definition) is 2. The van der Waals surface area contributed by atoms with Crippen LogP contribution in [-0.2, 0) is 4.79 Å². The highest BCUT2D eigenvalue weighted by molar-refractivity contribution is 9.10. The first kappa shape index (κ1) is 13.6. The van der Waals surface area contributed by atoms with Crippen LogP contribution in [0.1, 0.15) is 17.2 Å². The van der Waals surface area contributed by atoms with Gasteiger partial charge in [0.2, 0.25) is 0 Å². The minimum atomic E-state index is -0.374. The Balaban J connectivity index is 1.95. The van der Waals surface area contributed by atoms with Crippen LogP contribution in [-0.4, -0.2) is 5.91 Å². The Morgan fingerprint density at radius 3 is 2.70 bits per heavy atom. The highest BCUT2D eigenvalue weighted by Gasteiger charge is 2.30. The van der Waals surface area contributed by atoms with Crippen LogP contribution in [0.25, 0.3) is 0 Å². The highest BCUT2D eigenvalue weighted by Crippen LogP contribution is 2.36. The first-order valence-electron chi connectivity index (χ1n) is 6.17. The molecule has 20 heavy (non-hydrogen) atoms. The molecule has 2 aromatic carbocycles. The van der Waals surface area contributed by atoms with Crippen molar-refractivity contribution < 1.29 is 4.79 Å². The quantitative estimate of drug-likeness (QED) is 0.778. The third-order valence-corrected chi connectivity index (χ3v) is 4.42. The summed E-state index contributed by atoms with van der Waals surface area (Å²) in [4.78, 5) is 12.1. The second-order valence-electron chi connectivity index (χ2n) is 4.78. The summed E-state index contributed by atoms with van der Waals surface area (Å²) in [6.07, 6.45) is 0. The van der Waals surface area contributed by atoms with E-state index in [2.05, 4.69) is 42.5 Å². The zero-order valence-electron chi connectivity index (χ0n) is 10.7. The van der Waals surface area contributed by atoms with Crippen LogP contribution in [0, 0.1) is 6.92 Å². The van der Waals surface area contributed by atoms with Crippen molar-refractivity contribution in [2.75, 3.05) is 10.6 Å². The van der Waals surface area contributed by atoms with Crippen molar-refractivity contribution in [2.24, 2.45) is 0 Å². The fourth-order valence-electron chi connectivity index (χ4n) is 2.27. The van der Waals surface area contributed by atoms with Crippen LogP contribution in [0.3, 0.4) is 0 Å². The Morgan fingerprint density at radius 2 is 1.95 bits per heavy atom. The second-order valence-corrected chi connectivity index (χ2v) is 6.55. The lowest BCUT2D eigenvalue weighted by molar-refractivity contribution is -0.116. The number of carbonyl (C=O) groups is 1. The second kappa shape index (κ2) is 5.22. The molecule has 0 aliphatic carbocycles. The number of anilines is 2. The molecule has 0 saturated heterocycles. The van der Waals surface area contributed by atoms with Gasteiger partial charge in [0.15, 0.2) is 0 Å². The molecular weight excluding hydrogens is 384 g/mol. The number of aryl methyl sites for hydroxylation is 1. The Kier molecular flexibility index (Phi) is 3.56. The van der Waals surface area contributed by atoms with Gasteiger partial charge in [0.05, 0.1) is 0 Å².